The number of aromatic nitrogens is 1. The lowest BCUT2D eigenvalue weighted by Gasteiger charge is -2.14. The van der Waals surface area contributed by atoms with Crippen molar-refractivity contribution in [2.75, 3.05) is 7.05 Å². The van der Waals surface area contributed by atoms with Gasteiger partial charge in [0.25, 0.3) is 5.91 Å². The van der Waals surface area contributed by atoms with Gasteiger partial charge < -0.3 is 9.47 Å². The molecular formula is C12H16N2O. The third-order valence-corrected chi connectivity index (χ3v) is 3.52. The molecule has 0 atom stereocenters. The van der Waals surface area contributed by atoms with E-state index in [4.69, 9.17) is 0 Å². The molecule has 0 spiro atoms. The molecule has 3 nitrogen and oxygen atoms in total. The molecule has 0 aromatic carbocycles. The van der Waals surface area contributed by atoms with Gasteiger partial charge in [0.2, 0.25) is 0 Å². The lowest BCUT2D eigenvalue weighted by atomic mass is 9.90. The highest BCUT2D eigenvalue weighted by Crippen LogP contribution is 2.38. The van der Waals surface area contributed by atoms with E-state index in [1.807, 2.05) is 13.2 Å². The third kappa shape index (κ3) is 1.09. The molecule has 3 heteroatoms. The number of carbonyl (C=O) groups excluding carboxylic acids is 1. The zero-order valence-corrected chi connectivity index (χ0v) is 9.50. The second-order valence-electron chi connectivity index (χ2n) is 5.60. The Morgan fingerprint density at radius 3 is 2.87 bits per heavy atom. The highest BCUT2D eigenvalue weighted by atomic mass is 16.2. The van der Waals surface area contributed by atoms with E-state index in [1.54, 1.807) is 4.90 Å². The standard InChI is InChI=1S/C12H16N2O/c1-12(2)4-10-8-5-13(3)11(15)9(8)6-14(10)7-12/h6H,4-5,7H2,1-3H3. The van der Waals surface area contributed by atoms with Crippen molar-refractivity contribution in [1.82, 2.24) is 9.47 Å². The first-order valence-corrected chi connectivity index (χ1v) is 5.44. The van der Waals surface area contributed by atoms with Gasteiger partial charge in [0.1, 0.15) is 0 Å². The first kappa shape index (κ1) is 9.01. The van der Waals surface area contributed by atoms with Crippen LogP contribution in [0.3, 0.4) is 0 Å². The minimum atomic E-state index is 0.185. The van der Waals surface area contributed by atoms with Crippen LogP contribution in [0.2, 0.25) is 0 Å². The summed E-state index contributed by atoms with van der Waals surface area (Å²) in [6, 6.07) is 0. The van der Waals surface area contributed by atoms with Crippen LogP contribution >= 0.6 is 0 Å². The fraction of sp³-hybridized carbons (Fsp3) is 0.583. The molecule has 1 aromatic heterocycles. The number of fused-ring (bicyclic) bond motifs is 3. The summed E-state index contributed by atoms with van der Waals surface area (Å²) in [6.45, 7) is 6.42. The van der Waals surface area contributed by atoms with Crippen LogP contribution in [0.25, 0.3) is 0 Å². The maximum Gasteiger partial charge on any atom is 0.255 e. The average Bonchev–Trinajstić information content (AvgIpc) is 2.66. The number of amides is 1. The molecule has 1 amide bonds. The monoisotopic (exact) mass is 204 g/mol. The van der Waals surface area contributed by atoms with Gasteiger partial charge in [0, 0.05) is 37.6 Å². The van der Waals surface area contributed by atoms with E-state index in [-0.39, 0.29) is 5.91 Å². The topological polar surface area (TPSA) is 25.2 Å². The number of hydrogen-bond acceptors (Lipinski definition) is 1. The number of hydrogen-bond donors (Lipinski definition) is 0. The van der Waals surface area contributed by atoms with Crippen molar-refractivity contribution in [3.05, 3.63) is 23.0 Å². The molecule has 0 saturated carbocycles. The molecule has 2 aliphatic rings. The molecule has 0 radical (unpaired) electrons. The summed E-state index contributed by atoms with van der Waals surface area (Å²) in [6.07, 6.45) is 3.15. The van der Waals surface area contributed by atoms with Crippen LogP contribution < -0.4 is 0 Å². The van der Waals surface area contributed by atoms with Crippen molar-refractivity contribution in [3.63, 3.8) is 0 Å². The van der Waals surface area contributed by atoms with Crippen molar-refractivity contribution in [1.29, 1.82) is 0 Å². The van der Waals surface area contributed by atoms with Crippen LogP contribution in [0, 0.1) is 5.41 Å². The zero-order chi connectivity index (χ0) is 10.8. The van der Waals surface area contributed by atoms with E-state index < -0.39 is 0 Å². The van der Waals surface area contributed by atoms with E-state index in [0.717, 1.165) is 25.1 Å². The molecule has 0 bridgehead atoms. The first-order valence-electron chi connectivity index (χ1n) is 5.44. The molecule has 3 rings (SSSR count). The predicted molar refractivity (Wildman–Crippen MR) is 57.7 cm³/mol. The summed E-state index contributed by atoms with van der Waals surface area (Å²) in [5.74, 6) is 0.185. The lowest BCUT2D eigenvalue weighted by Crippen LogP contribution is -2.18. The van der Waals surface area contributed by atoms with E-state index in [9.17, 15) is 4.79 Å². The zero-order valence-electron chi connectivity index (χ0n) is 9.50. The van der Waals surface area contributed by atoms with Crippen molar-refractivity contribution in [2.45, 2.75) is 33.4 Å². The molecule has 0 unspecified atom stereocenters. The van der Waals surface area contributed by atoms with Crippen LogP contribution in [0.4, 0.5) is 0 Å². The summed E-state index contributed by atoms with van der Waals surface area (Å²) in [4.78, 5) is 13.6. The normalized spacial score (nSPS) is 22.1. The van der Waals surface area contributed by atoms with E-state index in [1.165, 1.54) is 11.3 Å². The number of nitrogens with zero attached hydrogens (tertiary/aromatic N) is 2. The van der Waals surface area contributed by atoms with Gasteiger partial charge in [-0.1, -0.05) is 13.8 Å². The van der Waals surface area contributed by atoms with Crippen LogP contribution in [0.5, 0.6) is 0 Å². The lowest BCUT2D eigenvalue weighted by molar-refractivity contribution is 0.0815. The Bertz CT molecular complexity index is 456. The number of rotatable bonds is 0. The molecular weight excluding hydrogens is 188 g/mol. The summed E-state index contributed by atoms with van der Waals surface area (Å²) in [5.41, 5.74) is 3.94. The van der Waals surface area contributed by atoms with Crippen molar-refractivity contribution in [3.8, 4) is 0 Å². The van der Waals surface area contributed by atoms with Gasteiger partial charge in [0.05, 0.1) is 5.56 Å². The largest absolute Gasteiger partial charge is 0.350 e. The van der Waals surface area contributed by atoms with Crippen molar-refractivity contribution >= 4 is 5.91 Å². The minimum Gasteiger partial charge on any atom is -0.350 e. The molecule has 1 aromatic rings. The average molecular weight is 204 g/mol. The second kappa shape index (κ2) is 2.46. The smallest absolute Gasteiger partial charge is 0.255 e. The maximum absolute atomic E-state index is 11.8. The maximum atomic E-state index is 11.8. The molecule has 0 saturated heterocycles. The van der Waals surface area contributed by atoms with E-state index in [0.29, 0.717) is 5.41 Å². The van der Waals surface area contributed by atoms with Gasteiger partial charge in [-0.3, -0.25) is 4.79 Å². The fourth-order valence-corrected chi connectivity index (χ4v) is 2.84. The molecule has 15 heavy (non-hydrogen) atoms. The SMILES string of the molecule is CN1Cc2c(cn3c2CC(C)(C)C3)C1=O. The Morgan fingerprint density at radius 2 is 2.13 bits per heavy atom. The number of carbonyl (C=O) groups is 1. The van der Waals surface area contributed by atoms with Gasteiger partial charge in [-0.15, -0.1) is 0 Å². The van der Waals surface area contributed by atoms with Crippen LogP contribution in [-0.4, -0.2) is 22.4 Å². The molecule has 0 aliphatic carbocycles. The van der Waals surface area contributed by atoms with Gasteiger partial charge in [-0.05, 0) is 11.8 Å². The summed E-state index contributed by atoms with van der Waals surface area (Å²) in [5, 5.41) is 0. The summed E-state index contributed by atoms with van der Waals surface area (Å²) < 4.78 is 2.27. The van der Waals surface area contributed by atoms with Crippen LogP contribution in [-0.2, 0) is 19.5 Å². The quantitative estimate of drug-likeness (QED) is 0.631. The van der Waals surface area contributed by atoms with Crippen LogP contribution in [0.15, 0.2) is 6.20 Å². The van der Waals surface area contributed by atoms with Crippen LogP contribution in [0.1, 0.15) is 35.5 Å². The molecule has 0 N–H and O–H groups in total. The van der Waals surface area contributed by atoms with Gasteiger partial charge in [0.15, 0.2) is 0 Å². The Morgan fingerprint density at radius 1 is 1.40 bits per heavy atom. The molecule has 2 aliphatic heterocycles. The third-order valence-electron chi connectivity index (χ3n) is 3.52. The Labute approximate surface area is 89.7 Å². The molecule has 3 heterocycles. The van der Waals surface area contributed by atoms with Gasteiger partial charge >= 0.3 is 0 Å². The Balaban J connectivity index is 2.09. The highest BCUT2D eigenvalue weighted by Gasteiger charge is 2.37. The van der Waals surface area contributed by atoms with Gasteiger partial charge in [-0.25, -0.2) is 0 Å². The Kier molecular flexibility index (Phi) is 1.48. The van der Waals surface area contributed by atoms with Gasteiger partial charge in [-0.2, -0.15) is 0 Å². The Hall–Kier alpha value is -1.25. The summed E-state index contributed by atoms with van der Waals surface area (Å²) in [7, 11) is 1.87. The fourth-order valence-electron chi connectivity index (χ4n) is 2.84. The predicted octanol–water partition coefficient (Wildman–Crippen LogP) is 1.66. The van der Waals surface area contributed by atoms with Crippen molar-refractivity contribution < 1.29 is 4.79 Å². The minimum absolute atomic E-state index is 0.185. The second-order valence-corrected chi connectivity index (χ2v) is 5.60. The van der Waals surface area contributed by atoms with E-state index >= 15 is 0 Å². The molecule has 0 fully saturated rings. The summed E-state index contributed by atoms with van der Waals surface area (Å²) >= 11 is 0. The molecule has 80 valence electrons. The van der Waals surface area contributed by atoms with E-state index in [2.05, 4.69) is 18.4 Å². The first-order chi connectivity index (χ1) is 6.98. The van der Waals surface area contributed by atoms with Crippen molar-refractivity contribution in [2.24, 2.45) is 5.41 Å². The highest BCUT2D eigenvalue weighted by molar-refractivity contribution is 5.98.